The number of hydrogen-bond donors (Lipinski definition) is 3. The Bertz CT molecular complexity index is 709. The van der Waals surface area contributed by atoms with Crippen LogP contribution in [-0.4, -0.2) is 27.0 Å². The number of hydrogen-bond acceptors (Lipinski definition) is 4. The number of halogens is 1. The van der Waals surface area contributed by atoms with Gasteiger partial charge in [-0.3, -0.25) is 14.4 Å². The summed E-state index contributed by atoms with van der Waals surface area (Å²) in [5.41, 5.74) is 5.67. The number of amides is 1. The largest absolute Gasteiger partial charge is 0.360 e. The summed E-state index contributed by atoms with van der Waals surface area (Å²) in [5, 5.41) is 11.7. The maximum atomic E-state index is 11.3. The third kappa shape index (κ3) is 3.25. The molecule has 0 radical (unpaired) electrons. The van der Waals surface area contributed by atoms with E-state index in [0.717, 1.165) is 39.2 Å². The summed E-state index contributed by atoms with van der Waals surface area (Å²) in [6.07, 6.45) is 2.76. The van der Waals surface area contributed by atoms with Crippen LogP contribution in [0.2, 0.25) is 0 Å². The molecule has 2 aromatic rings. The van der Waals surface area contributed by atoms with Gasteiger partial charge in [-0.25, -0.2) is 10.5 Å². The van der Waals surface area contributed by atoms with Crippen molar-refractivity contribution >= 4 is 33.3 Å². The third-order valence-electron chi connectivity index (χ3n) is 3.62. The highest BCUT2D eigenvalue weighted by molar-refractivity contribution is 9.10. The Hall–Kier alpha value is -1.60. The molecule has 2 heterocycles. The van der Waals surface area contributed by atoms with Crippen LogP contribution >= 0.6 is 15.9 Å². The summed E-state index contributed by atoms with van der Waals surface area (Å²) in [4.78, 5) is 16.0. The van der Waals surface area contributed by atoms with Gasteiger partial charge in [0, 0.05) is 10.7 Å². The number of imidazole rings is 1. The summed E-state index contributed by atoms with van der Waals surface area (Å²) in [7, 11) is 0. The molecule has 0 aromatic carbocycles. The van der Waals surface area contributed by atoms with E-state index in [9.17, 15) is 4.79 Å². The van der Waals surface area contributed by atoms with Gasteiger partial charge in [0.2, 0.25) is 0 Å². The number of anilines is 1. The van der Waals surface area contributed by atoms with Gasteiger partial charge in [0.25, 0.3) is 5.91 Å². The van der Waals surface area contributed by atoms with E-state index in [1.165, 1.54) is 0 Å². The molecule has 0 saturated heterocycles. The van der Waals surface area contributed by atoms with Gasteiger partial charge in [-0.1, -0.05) is 13.8 Å². The highest BCUT2D eigenvalue weighted by Crippen LogP contribution is 2.28. The summed E-state index contributed by atoms with van der Waals surface area (Å²) in [6, 6.07) is 0. The van der Waals surface area contributed by atoms with Gasteiger partial charge in [0.1, 0.15) is 11.5 Å². The van der Waals surface area contributed by atoms with E-state index in [1.807, 2.05) is 24.4 Å². The monoisotopic (exact) mass is 368 g/mol. The van der Waals surface area contributed by atoms with Crippen LogP contribution in [0.15, 0.2) is 10.7 Å². The van der Waals surface area contributed by atoms with E-state index in [2.05, 4.69) is 35.1 Å². The number of aromatic nitrogens is 2. The molecular weight excluding hydrogens is 348 g/mol. The minimum absolute atomic E-state index is 0.0140. The van der Waals surface area contributed by atoms with Crippen molar-refractivity contribution in [3.63, 3.8) is 0 Å². The molecule has 1 amide bonds. The number of nitrogens with one attached hydrogen (secondary N) is 2. The first-order valence-corrected chi connectivity index (χ1v) is 7.97. The Morgan fingerprint density at radius 1 is 1.41 bits per heavy atom. The van der Waals surface area contributed by atoms with E-state index in [0.29, 0.717) is 5.92 Å². The molecule has 7 heteroatoms. The Morgan fingerprint density at radius 2 is 2.09 bits per heavy atom. The topological polar surface area (TPSA) is 78.7 Å². The molecule has 0 aliphatic rings. The molecule has 0 aliphatic heterocycles. The van der Waals surface area contributed by atoms with Gasteiger partial charge in [-0.15, -0.1) is 0 Å². The van der Waals surface area contributed by atoms with Crippen LogP contribution in [0.4, 0.5) is 5.82 Å². The first-order valence-electron chi connectivity index (χ1n) is 7.18. The average Bonchev–Trinajstić information content (AvgIpc) is 2.79. The highest BCUT2D eigenvalue weighted by atomic mass is 79.9. The van der Waals surface area contributed by atoms with Crippen LogP contribution < -0.4 is 10.8 Å². The van der Waals surface area contributed by atoms with E-state index in [-0.39, 0.29) is 6.54 Å². The van der Waals surface area contributed by atoms with Crippen LogP contribution in [0.3, 0.4) is 0 Å². The van der Waals surface area contributed by atoms with Crippen molar-refractivity contribution in [2.45, 2.75) is 34.1 Å². The zero-order valence-electron chi connectivity index (χ0n) is 13.2. The quantitative estimate of drug-likeness (QED) is 0.560. The van der Waals surface area contributed by atoms with E-state index < -0.39 is 5.91 Å². The molecule has 0 spiro atoms. The molecule has 0 bridgehead atoms. The first kappa shape index (κ1) is 16.8. The lowest BCUT2D eigenvalue weighted by Gasteiger charge is -2.10. The molecule has 2 aromatic heterocycles. The second kappa shape index (κ2) is 6.66. The predicted octanol–water partition coefficient (Wildman–Crippen LogP) is 2.83. The zero-order valence-corrected chi connectivity index (χ0v) is 14.8. The molecule has 22 heavy (non-hydrogen) atoms. The average molecular weight is 369 g/mol. The van der Waals surface area contributed by atoms with Crippen LogP contribution in [0.25, 0.3) is 5.65 Å². The molecule has 0 atom stereocenters. The molecule has 3 N–H and O–H groups in total. The van der Waals surface area contributed by atoms with Gasteiger partial charge in [-0.2, -0.15) is 0 Å². The number of carbonyl (C=O) groups excluding carboxylic acids is 1. The van der Waals surface area contributed by atoms with Crippen LogP contribution in [0, 0.1) is 19.8 Å². The molecule has 6 nitrogen and oxygen atoms in total. The number of nitrogens with zero attached hydrogens (tertiary/aromatic N) is 2. The molecule has 0 unspecified atom stereocenters. The summed E-state index contributed by atoms with van der Waals surface area (Å²) >= 11 is 3.56. The van der Waals surface area contributed by atoms with Crippen molar-refractivity contribution in [1.29, 1.82) is 0 Å². The lowest BCUT2D eigenvalue weighted by atomic mass is 10.1. The molecule has 120 valence electrons. The summed E-state index contributed by atoms with van der Waals surface area (Å²) < 4.78 is 2.94. The van der Waals surface area contributed by atoms with Crippen LogP contribution in [0.5, 0.6) is 0 Å². The molecule has 0 fully saturated rings. The van der Waals surface area contributed by atoms with E-state index >= 15 is 0 Å². The Kier molecular flexibility index (Phi) is 5.08. The maximum absolute atomic E-state index is 11.3. The van der Waals surface area contributed by atoms with Crippen molar-refractivity contribution in [2.24, 2.45) is 5.92 Å². The van der Waals surface area contributed by atoms with Gasteiger partial charge >= 0.3 is 0 Å². The van der Waals surface area contributed by atoms with Gasteiger partial charge in [-0.05, 0) is 53.2 Å². The lowest BCUT2D eigenvalue weighted by Crippen LogP contribution is -2.27. The van der Waals surface area contributed by atoms with E-state index in [4.69, 9.17) is 10.2 Å². The molecular formula is C15H21BrN4O2. The molecule has 0 aliphatic carbocycles. The molecule has 2 rings (SSSR count). The minimum Gasteiger partial charge on any atom is -0.360 e. The Balaban J connectivity index is 2.55. The Labute approximate surface area is 138 Å². The number of pyridine rings is 1. The van der Waals surface area contributed by atoms with Crippen molar-refractivity contribution in [3.05, 3.63) is 27.5 Å². The predicted molar refractivity (Wildman–Crippen MR) is 89.3 cm³/mol. The van der Waals surface area contributed by atoms with Crippen molar-refractivity contribution < 1.29 is 10.0 Å². The van der Waals surface area contributed by atoms with Crippen LogP contribution in [-0.2, 0) is 11.2 Å². The fraction of sp³-hybridized carbons (Fsp3) is 0.467. The number of fused-ring (bicyclic) bond motifs is 1. The first-order chi connectivity index (χ1) is 10.3. The highest BCUT2D eigenvalue weighted by Gasteiger charge is 2.17. The Morgan fingerprint density at radius 3 is 2.68 bits per heavy atom. The number of rotatable bonds is 5. The summed E-state index contributed by atoms with van der Waals surface area (Å²) in [5.74, 6) is 0.742. The standard InChI is InChI=1S/C15H21BrN4O2/c1-8(2)5-12-15(17-6-13(21)19-22)20-7-11(16)9(3)10(4)14(20)18-12/h7-8,17,22H,5-6H2,1-4H3,(H,19,21). The molecule has 0 saturated carbocycles. The SMILES string of the molecule is Cc1c(Br)cn2c(NCC(=O)NO)c(CC(C)C)nc2c1C. The second-order valence-corrected chi connectivity index (χ2v) is 6.67. The number of carbonyl (C=O) groups is 1. The van der Waals surface area contributed by atoms with Gasteiger partial charge in [0.15, 0.2) is 0 Å². The number of hydroxylamine groups is 1. The zero-order chi connectivity index (χ0) is 16.4. The minimum atomic E-state index is -0.492. The van der Waals surface area contributed by atoms with Crippen molar-refractivity contribution in [3.8, 4) is 0 Å². The van der Waals surface area contributed by atoms with Crippen LogP contribution in [0.1, 0.15) is 30.7 Å². The fourth-order valence-corrected chi connectivity index (χ4v) is 2.85. The van der Waals surface area contributed by atoms with Gasteiger partial charge < -0.3 is 5.32 Å². The normalized spacial score (nSPS) is 11.2. The van der Waals surface area contributed by atoms with E-state index in [1.54, 1.807) is 5.48 Å². The second-order valence-electron chi connectivity index (χ2n) is 5.81. The summed E-state index contributed by atoms with van der Waals surface area (Å²) in [6.45, 7) is 8.32. The fourth-order valence-electron chi connectivity index (χ4n) is 2.35. The van der Waals surface area contributed by atoms with Crippen molar-refractivity contribution in [2.75, 3.05) is 11.9 Å². The van der Waals surface area contributed by atoms with Gasteiger partial charge in [0.05, 0.1) is 12.2 Å². The maximum Gasteiger partial charge on any atom is 0.262 e. The number of aryl methyl sites for hydroxylation is 1. The lowest BCUT2D eigenvalue weighted by molar-refractivity contribution is -0.127. The van der Waals surface area contributed by atoms with Crippen molar-refractivity contribution in [1.82, 2.24) is 14.9 Å². The third-order valence-corrected chi connectivity index (χ3v) is 4.42. The smallest absolute Gasteiger partial charge is 0.262 e.